The number of rotatable bonds is 1. The number of ketones is 1. The van der Waals surface area contributed by atoms with Crippen molar-refractivity contribution in [3.63, 3.8) is 0 Å². The largest absolute Gasteiger partial charge is 0.319 e. The van der Waals surface area contributed by atoms with Crippen LogP contribution in [-0.2, 0) is 0 Å². The van der Waals surface area contributed by atoms with E-state index in [0.717, 1.165) is 3.57 Å². The molecule has 58 valence electrons. The van der Waals surface area contributed by atoms with Crippen molar-refractivity contribution < 1.29 is 4.79 Å². The molecule has 0 aliphatic heterocycles. The van der Waals surface area contributed by atoms with Crippen molar-refractivity contribution >= 4 is 28.4 Å². The summed E-state index contributed by atoms with van der Waals surface area (Å²) in [4.78, 5) is 24.0. The van der Waals surface area contributed by atoms with Crippen LogP contribution in [0.5, 0.6) is 0 Å². The Morgan fingerprint density at radius 2 is 2.18 bits per heavy atom. The number of hydrogen-bond acceptors (Lipinski definition) is 2. The minimum atomic E-state index is -0.234. The molecule has 0 aliphatic carbocycles. The molecule has 1 heterocycles. The van der Waals surface area contributed by atoms with Gasteiger partial charge in [0.25, 0.3) is 0 Å². The van der Waals surface area contributed by atoms with Gasteiger partial charge in [0.1, 0.15) is 0 Å². The summed E-state index contributed by atoms with van der Waals surface area (Å²) >= 11 is 1.99. The Morgan fingerprint density at radius 3 is 2.64 bits per heavy atom. The second-order valence-electron chi connectivity index (χ2n) is 2.13. The molecule has 4 heteroatoms. The van der Waals surface area contributed by atoms with E-state index in [2.05, 4.69) is 4.98 Å². The van der Waals surface area contributed by atoms with Crippen LogP contribution in [0, 0.1) is 3.57 Å². The topological polar surface area (TPSA) is 49.9 Å². The maximum Gasteiger partial charge on any atom is 0.249 e. The lowest BCUT2D eigenvalue weighted by molar-refractivity contribution is 0.101. The van der Waals surface area contributed by atoms with Crippen LogP contribution < -0.4 is 5.56 Å². The van der Waals surface area contributed by atoms with Crippen molar-refractivity contribution in [3.8, 4) is 0 Å². The Morgan fingerprint density at radius 1 is 1.55 bits per heavy atom. The molecule has 1 N–H and O–H groups in total. The number of aromatic amines is 1. The number of carbonyl (C=O) groups is 1. The van der Waals surface area contributed by atoms with Crippen LogP contribution >= 0.6 is 22.6 Å². The summed E-state index contributed by atoms with van der Waals surface area (Å²) in [5, 5.41) is 0. The SMILES string of the molecule is CC(=O)c1cc(I)cc(=O)[nH]1. The predicted molar refractivity (Wildman–Crippen MR) is 49.8 cm³/mol. The lowest BCUT2D eigenvalue weighted by atomic mass is 10.3. The molecule has 3 nitrogen and oxygen atoms in total. The van der Waals surface area contributed by atoms with E-state index >= 15 is 0 Å². The van der Waals surface area contributed by atoms with Crippen LogP contribution in [0.4, 0.5) is 0 Å². The Balaban J connectivity index is 3.30. The molecule has 0 atom stereocenters. The maximum atomic E-state index is 10.8. The molecule has 0 unspecified atom stereocenters. The van der Waals surface area contributed by atoms with Gasteiger partial charge in [-0.15, -0.1) is 0 Å². The molecule has 0 saturated heterocycles. The van der Waals surface area contributed by atoms with Gasteiger partial charge in [0.05, 0.1) is 5.69 Å². The van der Waals surface area contributed by atoms with Gasteiger partial charge in [-0.1, -0.05) is 0 Å². The minimum Gasteiger partial charge on any atom is -0.319 e. The molecule has 1 rings (SSSR count). The zero-order valence-electron chi connectivity index (χ0n) is 5.85. The van der Waals surface area contributed by atoms with Crippen molar-refractivity contribution in [2.75, 3.05) is 0 Å². The van der Waals surface area contributed by atoms with E-state index in [-0.39, 0.29) is 11.3 Å². The molecule has 0 aromatic carbocycles. The maximum absolute atomic E-state index is 10.8. The highest BCUT2D eigenvalue weighted by atomic mass is 127. The first-order chi connectivity index (χ1) is 5.09. The molecule has 0 saturated carbocycles. The highest BCUT2D eigenvalue weighted by Crippen LogP contribution is 2.02. The molecule has 0 spiro atoms. The van der Waals surface area contributed by atoms with E-state index in [4.69, 9.17) is 0 Å². The Kier molecular flexibility index (Phi) is 2.43. The lowest BCUT2D eigenvalue weighted by Crippen LogP contribution is -2.10. The second kappa shape index (κ2) is 3.17. The van der Waals surface area contributed by atoms with Crippen LogP contribution in [0.2, 0.25) is 0 Å². The van der Waals surface area contributed by atoms with Gasteiger partial charge in [0, 0.05) is 16.6 Å². The van der Waals surface area contributed by atoms with Gasteiger partial charge in [-0.25, -0.2) is 0 Å². The molecular weight excluding hydrogens is 257 g/mol. The summed E-state index contributed by atoms with van der Waals surface area (Å²) in [7, 11) is 0. The molecule has 11 heavy (non-hydrogen) atoms. The Hall–Kier alpha value is -0.650. The summed E-state index contributed by atoms with van der Waals surface area (Å²) in [6, 6.07) is 3.08. The Bertz CT molecular complexity index is 343. The third-order valence-electron chi connectivity index (χ3n) is 1.19. The molecule has 0 amide bonds. The van der Waals surface area contributed by atoms with E-state index in [1.165, 1.54) is 13.0 Å². The summed E-state index contributed by atoms with van der Waals surface area (Å²) < 4.78 is 0.775. The third kappa shape index (κ3) is 2.14. The van der Waals surface area contributed by atoms with Crippen LogP contribution in [-0.4, -0.2) is 10.8 Å². The standard InChI is InChI=1S/C7H6INO2/c1-4(10)6-2-5(8)3-7(11)9-6/h2-3H,1H3,(H,9,11). The first-order valence-electron chi connectivity index (χ1n) is 3.00. The molecule has 0 aliphatic rings. The van der Waals surface area contributed by atoms with Crippen molar-refractivity contribution in [3.05, 3.63) is 31.8 Å². The predicted octanol–water partition coefficient (Wildman–Crippen LogP) is 1.18. The second-order valence-corrected chi connectivity index (χ2v) is 3.38. The van der Waals surface area contributed by atoms with Crippen LogP contribution in [0.3, 0.4) is 0 Å². The molecule has 0 fully saturated rings. The number of aromatic nitrogens is 1. The van der Waals surface area contributed by atoms with E-state index < -0.39 is 0 Å². The average molecular weight is 263 g/mol. The zero-order valence-corrected chi connectivity index (χ0v) is 8.01. The fourth-order valence-corrected chi connectivity index (χ4v) is 1.29. The van der Waals surface area contributed by atoms with E-state index in [0.29, 0.717) is 5.69 Å². The van der Waals surface area contributed by atoms with Gasteiger partial charge in [-0.3, -0.25) is 9.59 Å². The number of nitrogens with one attached hydrogen (secondary N) is 1. The van der Waals surface area contributed by atoms with Gasteiger partial charge < -0.3 is 4.98 Å². The van der Waals surface area contributed by atoms with Crippen molar-refractivity contribution in [1.29, 1.82) is 0 Å². The highest BCUT2D eigenvalue weighted by Gasteiger charge is 2.00. The molecule has 0 bridgehead atoms. The number of carbonyl (C=O) groups excluding carboxylic acids is 1. The van der Waals surface area contributed by atoms with Crippen LogP contribution in [0.15, 0.2) is 16.9 Å². The smallest absolute Gasteiger partial charge is 0.249 e. The third-order valence-corrected chi connectivity index (χ3v) is 1.81. The van der Waals surface area contributed by atoms with E-state index in [1.807, 2.05) is 22.6 Å². The van der Waals surface area contributed by atoms with E-state index in [1.54, 1.807) is 6.07 Å². The summed E-state index contributed by atoms with van der Waals surface area (Å²) in [6.45, 7) is 1.42. The van der Waals surface area contributed by atoms with E-state index in [9.17, 15) is 9.59 Å². The minimum absolute atomic E-state index is 0.124. The fraction of sp³-hybridized carbons (Fsp3) is 0.143. The normalized spacial score (nSPS) is 9.64. The number of Topliss-reactive ketones (excluding diaryl/α,β-unsaturated/α-hetero) is 1. The quantitative estimate of drug-likeness (QED) is 0.611. The van der Waals surface area contributed by atoms with Gasteiger partial charge in [0.15, 0.2) is 5.78 Å². The lowest BCUT2D eigenvalue weighted by Gasteiger charge is -1.94. The van der Waals surface area contributed by atoms with Crippen LogP contribution in [0.1, 0.15) is 17.4 Å². The number of hydrogen-bond donors (Lipinski definition) is 1. The summed E-state index contributed by atoms with van der Waals surface area (Å²) in [5.41, 5.74) is 0.129. The van der Waals surface area contributed by atoms with Crippen molar-refractivity contribution in [2.45, 2.75) is 6.92 Å². The molecule has 1 aromatic rings. The summed E-state index contributed by atoms with van der Waals surface area (Å²) in [6.07, 6.45) is 0. The molecule has 0 radical (unpaired) electrons. The average Bonchev–Trinajstić information content (AvgIpc) is 1.85. The fourth-order valence-electron chi connectivity index (χ4n) is 0.699. The first kappa shape index (κ1) is 8.45. The first-order valence-corrected chi connectivity index (χ1v) is 4.08. The van der Waals surface area contributed by atoms with Crippen LogP contribution in [0.25, 0.3) is 0 Å². The van der Waals surface area contributed by atoms with Crippen molar-refractivity contribution in [1.82, 2.24) is 4.98 Å². The van der Waals surface area contributed by atoms with Crippen molar-refractivity contribution in [2.24, 2.45) is 0 Å². The molecular formula is C7H6INO2. The van der Waals surface area contributed by atoms with Gasteiger partial charge in [-0.05, 0) is 28.7 Å². The Labute approximate surface area is 77.0 Å². The van der Waals surface area contributed by atoms with Gasteiger partial charge >= 0.3 is 0 Å². The monoisotopic (exact) mass is 263 g/mol. The number of pyridine rings is 1. The number of H-pyrrole nitrogens is 1. The van der Waals surface area contributed by atoms with Gasteiger partial charge in [-0.2, -0.15) is 0 Å². The zero-order chi connectivity index (χ0) is 8.43. The summed E-state index contributed by atoms with van der Waals surface area (Å²) in [5.74, 6) is -0.124. The number of halogens is 1. The molecule has 1 aromatic heterocycles. The highest BCUT2D eigenvalue weighted by molar-refractivity contribution is 14.1. The van der Waals surface area contributed by atoms with Gasteiger partial charge in [0.2, 0.25) is 5.56 Å².